The Kier molecular flexibility index (Phi) is 4.60. The molecule has 1 aromatic heterocycles. The number of oxazole rings is 1. The van der Waals surface area contributed by atoms with Gasteiger partial charge in [-0.3, -0.25) is 4.79 Å². The molecule has 0 saturated heterocycles. The quantitative estimate of drug-likeness (QED) is 0.438. The molecule has 0 aliphatic carbocycles. The van der Waals surface area contributed by atoms with E-state index in [9.17, 15) is 4.79 Å². The van der Waals surface area contributed by atoms with E-state index in [1.807, 2.05) is 37.3 Å². The molecule has 0 saturated carbocycles. The predicted octanol–water partition coefficient (Wildman–Crippen LogP) is 6.36. The minimum atomic E-state index is -0.265. The zero-order valence-electron chi connectivity index (χ0n) is 14.3. The molecule has 1 amide bonds. The number of hydrogen-bond donors (Lipinski definition) is 1. The summed E-state index contributed by atoms with van der Waals surface area (Å²) >= 11 is 11.8. The van der Waals surface area contributed by atoms with Crippen molar-refractivity contribution in [2.24, 2.45) is 0 Å². The molecule has 4 rings (SSSR count). The average molecular weight is 397 g/mol. The Morgan fingerprint density at radius 1 is 1.00 bits per heavy atom. The van der Waals surface area contributed by atoms with Gasteiger partial charge in [-0.25, -0.2) is 4.98 Å². The van der Waals surface area contributed by atoms with E-state index in [1.54, 1.807) is 24.3 Å². The molecule has 0 unspecified atom stereocenters. The highest BCUT2D eigenvalue weighted by atomic mass is 35.5. The molecule has 0 spiro atoms. The van der Waals surface area contributed by atoms with E-state index in [1.165, 1.54) is 6.07 Å². The number of rotatable bonds is 3. The number of nitrogens with one attached hydrogen (secondary N) is 1. The standard InChI is InChI=1S/C21H14Cl2N2O2/c1-12-3-2-4-18-19(12)25-21(27-18)13-5-8-15(9-6-13)24-20(26)14-7-10-16(22)17(23)11-14/h2-11H,1H3,(H,24,26). The fourth-order valence-electron chi connectivity index (χ4n) is 2.75. The summed E-state index contributed by atoms with van der Waals surface area (Å²) in [5.41, 5.74) is 4.59. The Bertz CT molecular complexity index is 1150. The van der Waals surface area contributed by atoms with Gasteiger partial charge in [-0.15, -0.1) is 0 Å². The zero-order valence-corrected chi connectivity index (χ0v) is 15.8. The smallest absolute Gasteiger partial charge is 0.255 e. The third kappa shape index (κ3) is 3.54. The number of aryl methyl sites for hydroxylation is 1. The van der Waals surface area contributed by atoms with Gasteiger partial charge in [-0.1, -0.05) is 35.3 Å². The SMILES string of the molecule is Cc1cccc2oc(-c3ccc(NC(=O)c4ccc(Cl)c(Cl)c4)cc3)nc12. The van der Waals surface area contributed by atoms with Crippen molar-refractivity contribution in [3.8, 4) is 11.5 Å². The minimum absolute atomic E-state index is 0.265. The number of aromatic nitrogens is 1. The molecule has 0 aliphatic heterocycles. The van der Waals surface area contributed by atoms with Crippen LogP contribution in [0.4, 0.5) is 5.69 Å². The van der Waals surface area contributed by atoms with Crippen LogP contribution in [0.5, 0.6) is 0 Å². The third-order valence-electron chi connectivity index (χ3n) is 4.19. The molecule has 0 aliphatic rings. The van der Waals surface area contributed by atoms with Crippen LogP contribution in [0.2, 0.25) is 10.0 Å². The van der Waals surface area contributed by atoms with Crippen LogP contribution in [0.3, 0.4) is 0 Å². The molecule has 4 nitrogen and oxygen atoms in total. The lowest BCUT2D eigenvalue weighted by atomic mass is 10.2. The van der Waals surface area contributed by atoms with Crippen molar-refractivity contribution in [1.82, 2.24) is 4.98 Å². The van der Waals surface area contributed by atoms with Crippen molar-refractivity contribution in [3.63, 3.8) is 0 Å². The zero-order chi connectivity index (χ0) is 19.0. The molecule has 6 heteroatoms. The van der Waals surface area contributed by atoms with Gasteiger partial charge in [0.2, 0.25) is 5.89 Å². The Hall–Kier alpha value is -2.82. The van der Waals surface area contributed by atoms with Crippen molar-refractivity contribution in [2.45, 2.75) is 6.92 Å². The molecular formula is C21H14Cl2N2O2. The Balaban J connectivity index is 1.55. The number of nitrogens with zero attached hydrogens (tertiary/aromatic N) is 1. The van der Waals surface area contributed by atoms with E-state index in [-0.39, 0.29) is 5.91 Å². The summed E-state index contributed by atoms with van der Waals surface area (Å²) in [4.78, 5) is 16.9. The number of hydrogen-bond acceptors (Lipinski definition) is 3. The Morgan fingerprint density at radius 2 is 1.78 bits per heavy atom. The van der Waals surface area contributed by atoms with E-state index in [4.69, 9.17) is 27.6 Å². The lowest BCUT2D eigenvalue weighted by Gasteiger charge is -2.06. The molecule has 1 heterocycles. The van der Waals surface area contributed by atoms with Gasteiger partial charge in [0, 0.05) is 16.8 Å². The minimum Gasteiger partial charge on any atom is -0.436 e. The first kappa shape index (κ1) is 17.6. The van der Waals surface area contributed by atoms with Crippen molar-refractivity contribution < 1.29 is 9.21 Å². The van der Waals surface area contributed by atoms with Crippen LogP contribution in [0.15, 0.2) is 65.1 Å². The van der Waals surface area contributed by atoms with E-state index < -0.39 is 0 Å². The van der Waals surface area contributed by atoms with Gasteiger partial charge < -0.3 is 9.73 Å². The summed E-state index contributed by atoms with van der Waals surface area (Å²) in [5, 5.41) is 3.57. The number of halogens is 2. The molecule has 27 heavy (non-hydrogen) atoms. The molecule has 0 fully saturated rings. The maximum atomic E-state index is 12.3. The van der Waals surface area contributed by atoms with Crippen LogP contribution in [0, 0.1) is 6.92 Å². The summed E-state index contributed by atoms with van der Waals surface area (Å²) in [7, 11) is 0. The number of anilines is 1. The van der Waals surface area contributed by atoms with Crippen molar-refractivity contribution in [3.05, 3.63) is 81.8 Å². The van der Waals surface area contributed by atoms with Gasteiger partial charge in [-0.05, 0) is 61.0 Å². The van der Waals surface area contributed by atoms with Crippen LogP contribution in [-0.2, 0) is 0 Å². The predicted molar refractivity (Wildman–Crippen MR) is 109 cm³/mol. The molecule has 1 N–H and O–H groups in total. The summed E-state index contributed by atoms with van der Waals surface area (Å²) in [5.74, 6) is 0.278. The molecule has 0 atom stereocenters. The third-order valence-corrected chi connectivity index (χ3v) is 4.93. The average Bonchev–Trinajstić information content (AvgIpc) is 3.10. The largest absolute Gasteiger partial charge is 0.436 e. The van der Waals surface area contributed by atoms with Gasteiger partial charge in [-0.2, -0.15) is 0 Å². The fourth-order valence-corrected chi connectivity index (χ4v) is 3.04. The van der Waals surface area contributed by atoms with Crippen molar-refractivity contribution in [2.75, 3.05) is 5.32 Å². The van der Waals surface area contributed by atoms with Crippen LogP contribution >= 0.6 is 23.2 Å². The van der Waals surface area contributed by atoms with Crippen molar-refractivity contribution >= 4 is 45.9 Å². The van der Waals surface area contributed by atoms with Gasteiger partial charge in [0.1, 0.15) is 5.52 Å². The number of benzene rings is 3. The van der Waals surface area contributed by atoms with Crippen LogP contribution in [0.1, 0.15) is 15.9 Å². The van der Waals surface area contributed by atoms with Gasteiger partial charge in [0.15, 0.2) is 5.58 Å². The molecule has 4 aromatic rings. The van der Waals surface area contributed by atoms with Crippen LogP contribution < -0.4 is 5.32 Å². The lowest BCUT2D eigenvalue weighted by Crippen LogP contribution is -2.11. The molecule has 3 aromatic carbocycles. The van der Waals surface area contributed by atoms with E-state index in [2.05, 4.69) is 10.3 Å². The second-order valence-corrected chi connectivity index (χ2v) is 6.92. The highest BCUT2D eigenvalue weighted by Crippen LogP contribution is 2.27. The number of amides is 1. The van der Waals surface area contributed by atoms with E-state index >= 15 is 0 Å². The summed E-state index contributed by atoms with van der Waals surface area (Å²) in [6.45, 7) is 2.00. The first-order valence-corrected chi connectivity index (χ1v) is 9.00. The Morgan fingerprint density at radius 3 is 2.48 bits per heavy atom. The molecule has 0 radical (unpaired) electrons. The Labute approximate surface area is 165 Å². The van der Waals surface area contributed by atoms with Gasteiger partial charge >= 0.3 is 0 Å². The number of carbonyl (C=O) groups is 1. The maximum absolute atomic E-state index is 12.3. The lowest BCUT2D eigenvalue weighted by molar-refractivity contribution is 0.102. The fraction of sp³-hybridized carbons (Fsp3) is 0.0476. The molecule has 0 bridgehead atoms. The summed E-state index contributed by atoms with van der Waals surface area (Å²) in [6.07, 6.45) is 0. The van der Waals surface area contributed by atoms with Crippen molar-refractivity contribution in [1.29, 1.82) is 0 Å². The van der Waals surface area contributed by atoms with Gasteiger partial charge in [0.25, 0.3) is 5.91 Å². The summed E-state index contributed by atoms with van der Waals surface area (Å²) < 4.78 is 5.82. The second kappa shape index (κ2) is 7.06. The maximum Gasteiger partial charge on any atom is 0.255 e. The topological polar surface area (TPSA) is 55.1 Å². The first-order valence-electron chi connectivity index (χ1n) is 8.24. The number of fused-ring (bicyclic) bond motifs is 1. The number of para-hydroxylation sites is 1. The monoisotopic (exact) mass is 396 g/mol. The van der Waals surface area contributed by atoms with E-state index in [0.717, 1.165) is 22.2 Å². The highest BCUT2D eigenvalue weighted by Gasteiger charge is 2.11. The first-order chi connectivity index (χ1) is 13.0. The second-order valence-electron chi connectivity index (χ2n) is 6.10. The van der Waals surface area contributed by atoms with E-state index in [0.29, 0.717) is 27.2 Å². The highest BCUT2D eigenvalue weighted by molar-refractivity contribution is 6.42. The van der Waals surface area contributed by atoms with Crippen LogP contribution in [-0.4, -0.2) is 10.9 Å². The number of carbonyl (C=O) groups excluding carboxylic acids is 1. The van der Waals surface area contributed by atoms with Gasteiger partial charge in [0.05, 0.1) is 10.0 Å². The molecular weight excluding hydrogens is 383 g/mol. The molecule has 134 valence electrons. The summed E-state index contributed by atoms with van der Waals surface area (Å²) in [6, 6.07) is 17.9. The normalized spacial score (nSPS) is 10.9. The van der Waals surface area contributed by atoms with Crippen LogP contribution in [0.25, 0.3) is 22.6 Å².